The third-order valence-corrected chi connectivity index (χ3v) is 4.23. The van der Waals surface area contributed by atoms with Gasteiger partial charge in [0.25, 0.3) is 0 Å². The van der Waals surface area contributed by atoms with Gasteiger partial charge in [0.05, 0.1) is 16.9 Å². The molecule has 0 radical (unpaired) electrons. The maximum atomic E-state index is 6.59. The number of aromatic nitrogens is 3. The van der Waals surface area contributed by atoms with E-state index in [1.54, 1.807) is 0 Å². The van der Waals surface area contributed by atoms with Gasteiger partial charge in [-0.25, -0.2) is 4.68 Å². The predicted molar refractivity (Wildman–Crippen MR) is 102 cm³/mol. The molecule has 0 aliphatic rings. The van der Waals surface area contributed by atoms with Gasteiger partial charge >= 0.3 is 0 Å². The highest BCUT2D eigenvalue weighted by atomic mass is 15.4. The monoisotopic (exact) mass is 326 g/mol. The Bertz CT molecular complexity index is 1040. The van der Waals surface area contributed by atoms with Crippen molar-refractivity contribution >= 4 is 22.4 Å². The molecule has 1 heterocycles. The van der Waals surface area contributed by atoms with Gasteiger partial charge in [0.15, 0.2) is 0 Å². The minimum absolute atomic E-state index is 0.668. The second-order valence-corrected chi connectivity index (χ2v) is 5.98. The average Bonchev–Trinajstić information content (AvgIpc) is 3.07. The maximum absolute atomic E-state index is 6.59. The predicted octanol–water partition coefficient (Wildman–Crippen LogP) is 4.07. The van der Waals surface area contributed by atoms with Crippen LogP contribution in [0, 0.1) is 6.92 Å². The molecule has 0 spiro atoms. The first-order chi connectivity index (χ1) is 12.2. The number of nitrogens with zero attached hydrogens (tertiary/aromatic N) is 3. The largest absolute Gasteiger partial charge is 0.396 e. The van der Waals surface area contributed by atoms with Gasteiger partial charge in [0.2, 0.25) is 0 Å². The number of hydrogen-bond acceptors (Lipinski definition) is 3. The lowest BCUT2D eigenvalue weighted by molar-refractivity contribution is 0.841. The SMILES string of the molecule is Cc1ccc(/C(N)=C(\c2ccccc2)n2nnc3ccccc32)cc1. The van der Waals surface area contributed by atoms with Gasteiger partial charge in [-0.1, -0.05) is 77.5 Å². The molecule has 1 aromatic heterocycles. The first-order valence-corrected chi connectivity index (χ1v) is 8.17. The Kier molecular flexibility index (Phi) is 3.78. The van der Waals surface area contributed by atoms with Crippen molar-refractivity contribution in [1.29, 1.82) is 0 Å². The number of hydrogen-bond donors (Lipinski definition) is 1. The molecular weight excluding hydrogens is 308 g/mol. The number of benzene rings is 3. The van der Waals surface area contributed by atoms with Crippen LogP contribution in [0.4, 0.5) is 0 Å². The molecule has 2 N–H and O–H groups in total. The Hall–Kier alpha value is -3.40. The van der Waals surface area contributed by atoms with Crippen LogP contribution in [0.5, 0.6) is 0 Å². The molecule has 0 atom stereocenters. The molecule has 0 bridgehead atoms. The number of para-hydroxylation sites is 1. The third-order valence-electron chi connectivity index (χ3n) is 4.23. The summed E-state index contributed by atoms with van der Waals surface area (Å²) in [6.45, 7) is 2.06. The quantitative estimate of drug-likeness (QED) is 0.577. The van der Waals surface area contributed by atoms with Gasteiger partial charge < -0.3 is 5.73 Å². The first-order valence-electron chi connectivity index (χ1n) is 8.17. The van der Waals surface area contributed by atoms with Crippen LogP contribution in [-0.4, -0.2) is 15.0 Å². The minimum Gasteiger partial charge on any atom is -0.396 e. The summed E-state index contributed by atoms with van der Waals surface area (Å²) >= 11 is 0. The van der Waals surface area contributed by atoms with Gasteiger partial charge in [-0.3, -0.25) is 0 Å². The van der Waals surface area contributed by atoms with E-state index < -0.39 is 0 Å². The van der Waals surface area contributed by atoms with Crippen molar-refractivity contribution in [2.24, 2.45) is 5.73 Å². The highest BCUT2D eigenvalue weighted by Gasteiger charge is 2.15. The molecule has 0 aliphatic heterocycles. The zero-order chi connectivity index (χ0) is 17.2. The van der Waals surface area contributed by atoms with Gasteiger partial charge in [-0.2, -0.15) is 0 Å². The van der Waals surface area contributed by atoms with Crippen LogP contribution < -0.4 is 5.73 Å². The van der Waals surface area contributed by atoms with E-state index in [0.717, 1.165) is 27.9 Å². The van der Waals surface area contributed by atoms with E-state index in [9.17, 15) is 0 Å². The summed E-state index contributed by atoms with van der Waals surface area (Å²) in [4.78, 5) is 0. The molecular formula is C21H18N4. The summed E-state index contributed by atoms with van der Waals surface area (Å²) in [5.74, 6) is 0. The Morgan fingerprint density at radius 2 is 1.48 bits per heavy atom. The zero-order valence-corrected chi connectivity index (χ0v) is 13.9. The minimum atomic E-state index is 0.668. The highest BCUT2D eigenvalue weighted by molar-refractivity contribution is 5.92. The van der Waals surface area contributed by atoms with E-state index in [4.69, 9.17) is 5.73 Å². The number of nitrogens with two attached hydrogens (primary N) is 1. The lowest BCUT2D eigenvalue weighted by atomic mass is 10.0. The molecule has 0 unspecified atom stereocenters. The Labute approximate surface area is 146 Å². The van der Waals surface area contributed by atoms with Gasteiger partial charge in [0, 0.05) is 5.56 Å². The Balaban J connectivity index is 2.00. The summed E-state index contributed by atoms with van der Waals surface area (Å²) < 4.78 is 1.82. The lowest BCUT2D eigenvalue weighted by Gasteiger charge is -2.13. The van der Waals surface area contributed by atoms with Gasteiger partial charge in [-0.05, 0) is 24.6 Å². The van der Waals surface area contributed by atoms with Crippen LogP contribution in [0.25, 0.3) is 22.4 Å². The first kappa shape index (κ1) is 15.1. The fraction of sp³-hybridized carbons (Fsp3) is 0.0476. The summed E-state index contributed by atoms with van der Waals surface area (Å²) in [6.07, 6.45) is 0. The summed E-state index contributed by atoms with van der Waals surface area (Å²) in [7, 11) is 0. The molecule has 0 amide bonds. The van der Waals surface area contributed by atoms with E-state index in [2.05, 4.69) is 29.4 Å². The van der Waals surface area contributed by atoms with Crippen molar-refractivity contribution in [3.63, 3.8) is 0 Å². The molecule has 25 heavy (non-hydrogen) atoms. The fourth-order valence-electron chi connectivity index (χ4n) is 2.89. The smallest absolute Gasteiger partial charge is 0.113 e. The molecule has 3 aromatic carbocycles. The van der Waals surface area contributed by atoms with E-state index in [1.165, 1.54) is 5.56 Å². The van der Waals surface area contributed by atoms with Crippen molar-refractivity contribution in [2.45, 2.75) is 6.92 Å². The Morgan fingerprint density at radius 3 is 2.24 bits per heavy atom. The second-order valence-electron chi connectivity index (χ2n) is 5.98. The normalized spacial score (nSPS) is 12.2. The van der Waals surface area contributed by atoms with Crippen molar-refractivity contribution in [1.82, 2.24) is 15.0 Å². The van der Waals surface area contributed by atoms with Crippen LogP contribution >= 0.6 is 0 Å². The summed E-state index contributed by atoms with van der Waals surface area (Å²) in [5, 5.41) is 8.64. The fourth-order valence-corrected chi connectivity index (χ4v) is 2.89. The summed E-state index contributed by atoms with van der Waals surface area (Å²) in [5.41, 5.74) is 13.0. The van der Waals surface area contributed by atoms with Crippen molar-refractivity contribution in [2.75, 3.05) is 0 Å². The summed E-state index contributed by atoms with van der Waals surface area (Å²) in [6, 6.07) is 26.1. The molecule has 122 valence electrons. The number of fused-ring (bicyclic) bond motifs is 1. The number of aryl methyl sites for hydroxylation is 1. The van der Waals surface area contributed by atoms with E-state index in [0.29, 0.717) is 5.70 Å². The van der Waals surface area contributed by atoms with Crippen LogP contribution in [0.3, 0.4) is 0 Å². The molecule has 4 nitrogen and oxygen atoms in total. The molecule has 4 rings (SSSR count). The van der Waals surface area contributed by atoms with Crippen LogP contribution in [0.2, 0.25) is 0 Å². The van der Waals surface area contributed by atoms with Gasteiger partial charge in [0.1, 0.15) is 5.52 Å². The van der Waals surface area contributed by atoms with Crippen LogP contribution in [-0.2, 0) is 0 Å². The topological polar surface area (TPSA) is 56.7 Å². The van der Waals surface area contributed by atoms with E-state index in [1.807, 2.05) is 71.4 Å². The van der Waals surface area contributed by atoms with Crippen molar-refractivity contribution in [3.05, 3.63) is 95.6 Å². The second kappa shape index (κ2) is 6.24. The third kappa shape index (κ3) is 2.78. The number of rotatable bonds is 3. The molecule has 0 saturated heterocycles. The van der Waals surface area contributed by atoms with E-state index >= 15 is 0 Å². The van der Waals surface area contributed by atoms with Crippen molar-refractivity contribution in [3.8, 4) is 0 Å². The average molecular weight is 326 g/mol. The Morgan fingerprint density at radius 1 is 0.800 bits per heavy atom. The van der Waals surface area contributed by atoms with Crippen molar-refractivity contribution < 1.29 is 0 Å². The molecule has 4 aromatic rings. The molecule has 0 saturated carbocycles. The lowest BCUT2D eigenvalue weighted by Crippen LogP contribution is -2.09. The maximum Gasteiger partial charge on any atom is 0.113 e. The van der Waals surface area contributed by atoms with E-state index in [-0.39, 0.29) is 0 Å². The van der Waals surface area contributed by atoms with Gasteiger partial charge in [-0.15, -0.1) is 5.10 Å². The van der Waals surface area contributed by atoms with Crippen LogP contribution in [0.15, 0.2) is 78.9 Å². The van der Waals surface area contributed by atoms with Crippen LogP contribution in [0.1, 0.15) is 16.7 Å². The molecule has 0 aliphatic carbocycles. The molecule has 4 heteroatoms. The standard InChI is InChI=1S/C21H18N4/c1-15-11-13-16(14-12-15)20(22)21(17-7-3-2-4-8-17)25-19-10-6-5-9-18(19)23-24-25/h2-14H,22H2,1H3/b21-20-. The highest BCUT2D eigenvalue weighted by Crippen LogP contribution is 2.27. The molecule has 0 fully saturated rings. The zero-order valence-electron chi connectivity index (χ0n) is 13.9.